The maximum absolute atomic E-state index is 5.28. The summed E-state index contributed by atoms with van der Waals surface area (Å²) >= 11 is 0. The molecule has 4 rings (SSSR count). The molecule has 0 fully saturated rings. The molecule has 0 unspecified atom stereocenters. The molecule has 0 aliphatic carbocycles. The molecule has 6 nitrogen and oxygen atoms in total. The molecule has 4 aromatic rings. The molecular weight excluding hydrogens is 314 g/mol. The molecule has 0 amide bonds. The fraction of sp³-hybridized carbons (Fsp3) is 0.368. The van der Waals surface area contributed by atoms with Gasteiger partial charge in [-0.25, -0.2) is 9.97 Å². The minimum absolute atomic E-state index is 0.365. The van der Waals surface area contributed by atoms with E-state index in [1.807, 2.05) is 16.7 Å². The summed E-state index contributed by atoms with van der Waals surface area (Å²) in [5.74, 6) is 1.36. The Bertz CT molecular complexity index is 1030. The van der Waals surface area contributed by atoms with Crippen molar-refractivity contribution in [3.63, 3.8) is 0 Å². The van der Waals surface area contributed by atoms with E-state index in [1.165, 1.54) is 17.3 Å². The lowest BCUT2D eigenvalue weighted by molar-refractivity contribution is 0.567. The van der Waals surface area contributed by atoms with E-state index in [4.69, 9.17) is 9.40 Å². The van der Waals surface area contributed by atoms with Gasteiger partial charge in [-0.3, -0.25) is 4.40 Å². The molecule has 0 spiro atoms. The number of imidazole rings is 1. The Hall–Kier alpha value is -2.76. The van der Waals surface area contributed by atoms with Gasteiger partial charge in [0.05, 0.1) is 0 Å². The van der Waals surface area contributed by atoms with Crippen LogP contribution in [-0.2, 0) is 6.42 Å². The summed E-state index contributed by atoms with van der Waals surface area (Å²) in [6.07, 6.45) is 4.25. The van der Waals surface area contributed by atoms with E-state index in [0.29, 0.717) is 23.4 Å². The van der Waals surface area contributed by atoms with Crippen LogP contribution in [0.3, 0.4) is 0 Å². The summed E-state index contributed by atoms with van der Waals surface area (Å²) in [6.45, 7) is 8.83. The minimum Gasteiger partial charge on any atom is -0.422 e. The molecule has 0 aromatic carbocycles. The van der Waals surface area contributed by atoms with Gasteiger partial charge >= 0.3 is 0 Å². The van der Waals surface area contributed by atoms with Gasteiger partial charge in [0.1, 0.15) is 17.0 Å². The summed E-state index contributed by atoms with van der Waals surface area (Å²) in [6, 6.07) is 6.38. The topological polar surface area (TPSA) is 69.1 Å². The predicted molar refractivity (Wildman–Crippen MR) is 96.4 cm³/mol. The van der Waals surface area contributed by atoms with Crippen molar-refractivity contribution in [2.45, 2.75) is 40.0 Å². The standard InChI is InChI=1S/C19H21N5O/c1-11(2)7-13-8-15(12(3)4)22-18-14(13)5-6-17-21-16(9-24(17)18)19-23-20-10-25-19/h5-6,8-12H,7H2,1-4H3. The Morgan fingerprint density at radius 3 is 2.64 bits per heavy atom. The molecule has 0 radical (unpaired) electrons. The Morgan fingerprint density at radius 2 is 1.96 bits per heavy atom. The van der Waals surface area contributed by atoms with E-state index in [-0.39, 0.29) is 0 Å². The molecule has 0 atom stereocenters. The van der Waals surface area contributed by atoms with Crippen LogP contribution in [0.15, 0.2) is 35.2 Å². The lowest BCUT2D eigenvalue weighted by Crippen LogP contribution is -2.03. The Balaban J connectivity index is 2.00. The van der Waals surface area contributed by atoms with Crippen molar-refractivity contribution < 1.29 is 4.42 Å². The average molecular weight is 335 g/mol. The highest BCUT2D eigenvalue weighted by Gasteiger charge is 2.15. The molecule has 6 heteroatoms. The third-order valence-corrected chi connectivity index (χ3v) is 4.30. The first-order valence-electron chi connectivity index (χ1n) is 8.61. The van der Waals surface area contributed by atoms with E-state index < -0.39 is 0 Å². The fourth-order valence-corrected chi connectivity index (χ4v) is 3.11. The highest BCUT2D eigenvalue weighted by Crippen LogP contribution is 2.27. The lowest BCUT2D eigenvalue weighted by atomic mass is 9.97. The van der Waals surface area contributed by atoms with Gasteiger partial charge < -0.3 is 4.42 Å². The van der Waals surface area contributed by atoms with Crippen LogP contribution in [0.2, 0.25) is 0 Å². The van der Waals surface area contributed by atoms with Gasteiger partial charge in [0.15, 0.2) is 0 Å². The number of rotatable bonds is 4. The van der Waals surface area contributed by atoms with Crippen molar-refractivity contribution in [1.29, 1.82) is 0 Å². The Morgan fingerprint density at radius 1 is 1.12 bits per heavy atom. The van der Waals surface area contributed by atoms with Gasteiger partial charge in [-0.15, -0.1) is 10.2 Å². The third kappa shape index (κ3) is 2.77. The van der Waals surface area contributed by atoms with Crippen molar-refractivity contribution in [2.75, 3.05) is 0 Å². The van der Waals surface area contributed by atoms with Gasteiger partial charge in [-0.1, -0.05) is 27.7 Å². The first kappa shape index (κ1) is 15.7. The van der Waals surface area contributed by atoms with Crippen molar-refractivity contribution in [3.8, 4) is 11.6 Å². The molecule has 4 aromatic heterocycles. The molecule has 0 aliphatic heterocycles. The molecule has 4 heterocycles. The maximum Gasteiger partial charge on any atom is 0.267 e. The summed E-state index contributed by atoms with van der Waals surface area (Å²) in [4.78, 5) is 9.52. The van der Waals surface area contributed by atoms with Crippen LogP contribution in [0.5, 0.6) is 0 Å². The first-order chi connectivity index (χ1) is 12.0. The molecule has 0 saturated heterocycles. The number of fused-ring (bicyclic) bond motifs is 3. The van der Waals surface area contributed by atoms with Crippen LogP contribution in [0.25, 0.3) is 28.3 Å². The van der Waals surface area contributed by atoms with Gasteiger partial charge in [-0.05, 0) is 42.0 Å². The van der Waals surface area contributed by atoms with E-state index in [9.17, 15) is 0 Å². The normalized spacial score (nSPS) is 12.1. The average Bonchev–Trinajstić information content (AvgIpc) is 3.23. The second-order valence-corrected chi connectivity index (χ2v) is 7.13. The zero-order valence-electron chi connectivity index (χ0n) is 14.9. The summed E-state index contributed by atoms with van der Waals surface area (Å²) in [5, 5.41) is 8.85. The van der Waals surface area contributed by atoms with Gasteiger partial charge in [-0.2, -0.15) is 0 Å². The maximum atomic E-state index is 5.28. The van der Waals surface area contributed by atoms with E-state index in [2.05, 4.69) is 55.0 Å². The smallest absolute Gasteiger partial charge is 0.267 e. The number of hydrogen-bond donors (Lipinski definition) is 0. The summed E-state index contributed by atoms with van der Waals surface area (Å²) in [5.41, 5.74) is 4.84. The van der Waals surface area contributed by atoms with Crippen LogP contribution in [0, 0.1) is 5.92 Å². The van der Waals surface area contributed by atoms with Crippen LogP contribution in [0.1, 0.15) is 44.9 Å². The Kier molecular flexibility index (Phi) is 3.75. The monoisotopic (exact) mass is 335 g/mol. The zero-order valence-corrected chi connectivity index (χ0v) is 14.9. The van der Waals surface area contributed by atoms with E-state index >= 15 is 0 Å². The predicted octanol–water partition coefficient (Wildman–Crippen LogP) is 4.25. The quantitative estimate of drug-likeness (QED) is 0.557. The number of aromatic nitrogens is 5. The number of nitrogens with zero attached hydrogens (tertiary/aromatic N) is 5. The molecular formula is C19H21N5O. The SMILES string of the molecule is CC(C)Cc1cc(C(C)C)nc2c1ccc1nc(-c3nnco3)cn12. The van der Waals surface area contributed by atoms with E-state index in [0.717, 1.165) is 23.4 Å². The van der Waals surface area contributed by atoms with Gasteiger partial charge in [0, 0.05) is 17.3 Å². The molecule has 128 valence electrons. The largest absolute Gasteiger partial charge is 0.422 e. The highest BCUT2D eigenvalue weighted by molar-refractivity contribution is 5.83. The molecule has 0 aliphatic rings. The lowest BCUT2D eigenvalue weighted by Gasteiger charge is -2.14. The molecule has 25 heavy (non-hydrogen) atoms. The number of hydrogen-bond acceptors (Lipinski definition) is 5. The first-order valence-corrected chi connectivity index (χ1v) is 8.61. The van der Waals surface area contributed by atoms with Crippen molar-refractivity contribution in [1.82, 2.24) is 24.6 Å². The summed E-state index contributed by atoms with van der Waals surface area (Å²) < 4.78 is 7.30. The van der Waals surface area contributed by atoms with E-state index in [1.54, 1.807) is 0 Å². The fourth-order valence-electron chi connectivity index (χ4n) is 3.11. The molecule has 0 bridgehead atoms. The second-order valence-electron chi connectivity index (χ2n) is 7.13. The van der Waals surface area contributed by atoms with Crippen LogP contribution >= 0.6 is 0 Å². The Labute approximate surface area is 145 Å². The van der Waals surface area contributed by atoms with Crippen molar-refractivity contribution in [2.24, 2.45) is 5.92 Å². The second kappa shape index (κ2) is 5.95. The van der Waals surface area contributed by atoms with Crippen LogP contribution < -0.4 is 0 Å². The molecule has 0 saturated carbocycles. The minimum atomic E-state index is 0.365. The highest BCUT2D eigenvalue weighted by atomic mass is 16.4. The van der Waals surface area contributed by atoms with Crippen molar-refractivity contribution in [3.05, 3.63) is 42.0 Å². The summed E-state index contributed by atoms with van der Waals surface area (Å²) in [7, 11) is 0. The van der Waals surface area contributed by atoms with Crippen LogP contribution in [0.4, 0.5) is 0 Å². The molecule has 0 N–H and O–H groups in total. The van der Waals surface area contributed by atoms with Gasteiger partial charge in [0.25, 0.3) is 5.89 Å². The van der Waals surface area contributed by atoms with Crippen LogP contribution in [-0.4, -0.2) is 24.6 Å². The van der Waals surface area contributed by atoms with Gasteiger partial charge in [0.2, 0.25) is 6.39 Å². The van der Waals surface area contributed by atoms with Crippen molar-refractivity contribution >= 4 is 16.7 Å². The zero-order chi connectivity index (χ0) is 17.6. The number of pyridine rings is 2. The third-order valence-electron chi connectivity index (χ3n) is 4.30.